The summed E-state index contributed by atoms with van der Waals surface area (Å²) in [6, 6.07) is 4.44. The standard InChI is InChI=1S/C21H27N3O6/c1-29-20(27)14-8-9-16-17(12-14)23-21(28)24(19(16)26)10-4-2-3-7-18(25)22-13-15-6-5-11-30-15/h8-9,12,15H,2-7,10-11,13H2,1H3,(H,22,25)(H,23,28)/t15-/m0/s1. The first-order valence-corrected chi connectivity index (χ1v) is 10.2. The third-order valence-electron chi connectivity index (χ3n) is 5.24. The molecule has 9 nitrogen and oxygen atoms in total. The maximum Gasteiger partial charge on any atom is 0.337 e. The van der Waals surface area contributed by atoms with Gasteiger partial charge in [-0.15, -0.1) is 0 Å². The summed E-state index contributed by atoms with van der Waals surface area (Å²) in [4.78, 5) is 51.1. The minimum atomic E-state index is -0.540. The number of hydrogen-bond acceptors (Lipinski definition) is 6. The number of fused-ring (bicyclic) bond motifs is 1. The Morgan fingerprint density at radius 3 is 2.83 bits per heavy atom. The molecule has 1 aliphatic rings. The summed E-state index contributed by atoms with van der Waals surface area (Å²) in [6.07, 6.45) is 4.57. The summed E-state index contributed by atoms with van der Waals surface area (Å²) < 4.78 is 11.3. The van der Waals surface area contributed by atoms with Gasteiger partial charge in [-0.05, 0) is 43.9 Å². The summed E-state index contributed by atoms with van der Waals surface area (Å²) in [7, 11) is 1.26. The van der Waals surface area contributed by atoms with Crippen molar-refractivity contribution in [2.24, 2.45) is 0 Å². The van der Waals surface area contributed by atoms with Crippen molar-refractivity contribution in [2.75, 3.05) is 20.3 Å². The third kappa shape index (κ3) is 5.35. The Bertz CT molecular complexity index is 1020. The number of H-pyrrole nitrogens is 1. The fourth-order valence-electron chi connectivity index (χ4n) is 3.56. The van der Waals surface area contributed by atoms with E-state index in [1.165, 1.54) is 25.3 Å². The largest absolute Gasteiger partial charge is 0.465 e. The van der Waals surface area contributed by atoms with Gasteiger partial charge in [-0.25, -0.2) is 9.59 Å². The molecular formula is C21H27N3O6. The molecule has 2 N–H and O–H groups in total. The fourth-order valence-corrected chi connectivity index (χ4v) is 3.56. The molecule has 1 atom stereocenters. The number of unbranched alkanes of at least 4 members (excludes halogenated alkanes) is 2. The summed E-state index contributed by atoms with van der Waals surface area (Å²) in [5.41, 5.74) is -0.370. The summed E-state index contributed by atoms with van der Waals surface area (Å²) in [6.45, 7) is 1.58. The third-order valence-corrected chi connectivity index (χ3v) is 5.24. The van der Waals surface area contributed by atoms with Gasteiger partial charge in [-0.2, -0.15) is 0 Å². The van der Waals surface area contributed by atoms with Gasteiger partial charge in [0.2, 0.25) is 5.91 Å². The van der Waals surface area contributed by atoms with Crippen LogP contribution in [0.4, 0.5) is 0 Å². The summed E-state index contributed by atoms with van der Waals surface area (Å²) >= 11 is 0. The van der Waals surface area contributed by atoms with E-state index in [9.17, 15) is 19.2 Å². The molecule has 3 rings (SSSR count). The van der Waals surface area contributed by atoms with E-state index in [4.69, 9.17) is 4.74 Å². The number of benzene rings is 1. The number of ether oxygens (including phenoxy) is 2. The van der Waals surface area contributed by atoms with Crippen molar-refractivity contribution in [3.8, 4) is 0 Å². The second-order valence-electron chi connectivity index (χ2n) is 7.39. The van der Waals surface area contributed by atoms with Crippen LogP contribution in [0.3, 0.4) is 0 Å². The Morgan fingerprint density at radius 2 is 2.10 bits per heavy atom. The van der Waals surface area contributed by atoms with Gasteiger partial charge in [-0.3, -0.25) is 14.2 Å². The maximum atomic E-state index is 12.6. The van der Waals surface area contributed by atoms with Crippen molar-refractivity contribution in [3.63, 3.8) is 0 Å². The molecule has 0 saturated carbocycles. The van der Waals surface area contributed by atoms with Crippen molar-refractivity contribution < 1.29 is 19.1 Å². The average molecular weight is 417 g/mol. The lowest BCUT2D eigenvalue weighted by Gasteiger charge is -2.10. The Kier molecular flexibility index (Phi) is 7.40. The normalized spacial score (nSPS) is 16.0. The molecule has 1 aromatic carbocycles. The predicted octanol–water partition coefficient (Wildman–Crippen LogP) is 1.33. The monoisotopic (exact) mass is 417 g/mol. The number of rotatable bonds is 9. The molecule has 0 unspecified atom stereocenters. The highest BCUT2D eigenvalue weighted by Crippen LogP contribution is 2.11. The zero-order valence-electron chi connectivity index (χ0n) is 17.1. The molecule has 1 amide bonds. The number of esters is 1. The first kappa shape index (κ1) is 21.8. The van der Waals surface area contributed by atoms with Gasteiger partial charge in [0, 0.05) is 26.1 Å². The Hall–Kier alpha value is -2.94. The van der Waals surface area contributed by atoms with Crippen LogP contribution in [0.25, 0.3) is 10.9 Å². The van der Waals surface area contributed by atoms with E-state index in [1.807, 2.05) is 0 Å². The van der Waals surface area contributed by atoms with Crippen LogP contribution in [-0.4, -0.2) is 47.8 Å². The van der Waals surface area contributed by atoms with Crippen molar-refractivity contribution >= 4 is 22.8 Å². The van der Waals surface area contributed by atoms with Crippen LogP contribution in [0.2, 0.25) is 0 Å². The van der Waals surface area contributed by atoms with E-state index in [2.05, 4.69) is 15.0 Å². The average Bonchev–Trinajstić information content (AvgIpc) is 3.26. The van der Waals surface area contributed by atoms with Gasteiger partial charge in [0.15, 0.2) is 0 Å². The number of carbonyl (C=O) groups is 2. The lowest BCUT2D eigenvalue weighted by atomic mass is 10.1. The number of hydrogen-bond donors (Lipinski definition) is 2. The van der Waals surface area contributed by atoms with Crippen LogP contribution in [-0.2, 0) is 20.8 Å². The van der Waals surface area contributed by atoms with E-state index in [0.29, 0.717) is 36.7 Å². The van der Waals surface area contributed by atoms with Gasteiger partial charge in [0.05, 0.1) is 29.7 Å². The Balaban J connectivity index is 1.50. The molecule has 9 heteroatoms. The first-order chi connectivity index (χ1) is 14.5. The molecular weight excluding hydrogens is 390 g/mol. The van der Waals surface area contributed by atoms with Gasteiger partial charge in [-0.1, -0.05) is 6.42 Å². The molecule has 0 spiro atoms. The number of aromatic amines is 1. The minimum Gasteiger partial charge on any atom is -0.465 e. The van der Waals surface area contributed by atoms with Gasteiger partial charge >= 0.3 is 11.7 Å². The molecule has 1 aromatic heterocycles. The summed E-state index contributed by atoms with van der Waals surface area (Å²) in [5.74, 6) is -0.547. The highest BCUT2D eigenvalue weighted by atomic mass is 16.5. The molecule has 30 heavy (non-hydrogen) atoms. The van der Waals surface area contributed by atoms with Crippen LogP contribution in [0, 0.1) is 0 Å². The molecule has 1 saturated heterocycles. The molecule has 0 radical (unpaired) electrons. The fraction of sp³-hybridized carbons (Fsp3) is 0.524. The van der Waals surface area contributed by atoms with Gasteiger partial charge in [0.1, 0.15) is 0 Å². The molecule has 2 heterocycles. The lowest BCUT2D eigenvalue weighted by molar-refractivity contribution is -0.121. The van der Waals surface area contributed by atoms with E-state index in [-0.39, 0.29) is 24.1 Å². The molecule has 0 aliphatic carbocycles. The second-order valence-corrected chi connectivity index (χ2v) is 7.39. The number of aromatic nitrogens is 2. The number of carbonyl (C=O) groups excluding carboxylic acids is 2. The Morgan fingerprint density at radius 1 is 1.27 bits per heavy atom. The number of nitrogens with one attached hydrogen (secondary N) is 2. The highest BCUT2D eigenvalue weighted by Gasteiger charge is 2.16. The number of nitrogens with zero attached hydrogens (tertiary/aromatic N) is 1. The highest BCUT2D eigenvalue weighted by molar-refractivity contribution is 5.93. The van der Waals surface area contributed by atoms with Crippen LogP contribution in [0.5, 0.6) is 0 Å². The number of amides is 1. The number of methoxy groups -OCH3 is 1. The van der Waals surface area contributed by atoms with Crippen LogP contribution >= 0.6 is 0 Å². The van der Waals surface area contributed by atoms with Crippen molar-refractivity contribution in [1.82, 2.24) is 14.9 Å². The van der Waals surface area contributed by atoms with Crippen molar-refractivity contribution in [2.45, 2.75) is 51.2 Å². The minimum absolute atomic E-state index is 0.00682. The van der Waals surface area contributed by atoms with E-state index < -0.39 is 17.2 Å². The van der Waals surface area contributed by atoms with E-state index in [1.54, 1.807) is 0 Å². The van der Waals surface area contributed by atoms with E-state index in [0.717, 1.165) is 30.4 Å². The quantitative estimate of drug-likeness (QED) is 0.469. The molecule has 1 aliphatic heterocycles. The van der Waals surface area contributed by atoms with E-state index >= 15 is 0 Å². The van der Waals surface area contributed by atoms with Crippen LogP contribution in [0.15, 0.2) is 27.8 Å². The zero-order chi connectivity index (χ0) is 21.5. The maximum absolute atomic E-state index is 12.6. The second kappa shape index (κ2) is 10.2. The van der Waals surface area contributed by atoms with Gasteiger partial charge in [0.25, 0.3) is 5.56 Å². The van der Waals surface area contributed by atoms with Crippen molar-refractivity contribution in [3.05, 3.63) is 44.6 Å². The zero-order valence-corrected chi connectivity index (χ0v) is 17.1. The van der Waals surface area contributed by atoms with Crippen molar-refractivity contribution in [1.29, 1.82) is 0 Å². The SMILES string of the molecule is COC(=O)c1ccc2c(=O)n(CCCCCC(=O)NC[C@@H]3CCCO3)c(=O)[nH]c2c1. The molecule has 162 valence electrons. The smallest absolute Gasteiger partial charge is 0.337 e. The van der Waals surface area contributed by atoms with Gasteiger partial charge < -0.3 is 19.8 Å². The lowest BCUT2D eigenvalue weighted by Crippen LogP contribution is -2.35. The first-order valence-electron chi connectivity index (χ1n) is 10.2. The Labute approximate surface area is 173 Å². The van der Waals surface area contributed by atoms with Crippen LogP contribution < -0.4 is 16.6 Å². The van der Waals surface area contributed by atoms with Crippen LogP contribution in [0.1, 0.15) is 48.9 Å². The molecule has 0 bridgehead atoms. The molecule has 1 fully saturated rings. The topological polar surface area (TPSA) is 119 Å². The predicted molar refractivity (Wildman–Crippen MR) is 111 cm³/mol. The molecule has 2 aromatic rings. The summed E-state index contributed by atoms with van der Waals surface area (Å²) in [5, 5.41) is 3.21.